The molecule has 0 radical (unpaired) electrons. The van der Waals surface area contributed by atoms with Gasteiger partial charge in [0.15, 0.2) is 0 Å². The third kappa shape index (κ3) is 2.97. The fourth-order valence-corrected chi connectivity index (χ4v) is 5.54. The van der Waals surface area contributed by atoms with E-state index >= 15 is 0 Å². The predicted molar refractivity (Wildman–Crippen MR) is 113 cm³/mol. The third-order valence-electron chi connectivity index (χ3n) is 6.86. The van der Waals surface area contributed by atoms with Gasteiger partial charge in [0.25, 0.3) is 11.5 Å². The number of likely N-dealkylation sites (tertiary alicyclic amines) is 1. The number of carbonyl (C=O) groups is 2. The summed E-state index contributed by atoms with van der Waals surface area (Å²) >= 11 is 0. The summed E-state index contributed by atoms with van der Waals surface area (Å²) in [5.74, 6) is 0.459. The van der Waals surface area contributed by atoms with E-state index in [0.29, 0.717) is 31.7 Å². The van der Waals surface area contributed by atoms with Crippen LogP contribution in [0.3, 0.4) is 0 Å². The highest BCUT2D eigenvalue weighted by Gasteiger charge is 2.43. The predicted octanol–water partition coefficient (Wildman–Crippen LogP) is 2.47. The minimum atomic E-state index is -0.471. The summed E-state index contributed by atoms with van der Waals surface area (Å²) in [6, 6.07) is 12.6. The number of hydrogen-bond donors (Lipinski definition) is 0. The molecule has 0 N–H and O–H groups in total. The Hall–Kier alpha value is -2.89. The second-order valence-electron chi connectivity index (χ2n) is 9.22. The molecule has 3 aliphatic heterocycles. The lowest BCUT2D eigenvalue weighted by molar-refractivity contribution is -0.140. The van der Waals surface area contributed by atoms with Gasteiger partial charge in [-0.2, -0.15) is 0 Å². The number of aromatic nitrogens is 1. The lowest BCUT2D eigenvalue weighted by atomic mass is 9.82. The first kappa shape index (κ1) is 19.1. The van der Waals surface area contributed by atoms with E-state index in [4.69, 9.17) is 0 Å². The number of pyridine rings is 1. The van der Waals surface area contributed by atoms with Crippen molar-refractivity contribution in [3.05, 3.63) is 69.6 Å². The molecule has 30 heavy (non-hydrogen) atoms. The molecule has 1 fully saturated rings. The van der Waals surface area contributed by atoms with Gasteiger partial charge < -0.3 is 14.4 Å². The topological polar surface area (TPSA) is 62.6 Å². The van der Waals surface area contributed by atoms with Crippen molar-refractivity contribution < 1.29 is 9.59 Å². The molecule has 0 saturated carbocycles. The molecule has 4 heterocycles. The Balaban J connectivity index is 1.41. The van der Waals surface area contributed by atoms with Gasteiger partial charge in [-0.3, -0.25) is 14.4 Å². The molecule has 0 unspecified atom stereocenters. The lowest BCUT2D eigenvalue weighted by Crippen LogP contribution is -2.56. The summed E-state index contributed by atoms with van der Waals surface area (Å²) < 4.78 is 1.88. The zero-order valence-electron chi connectivity index (χ0n) is 17.5. The van der Waals surface area contributed by atoms with Crippen LogP contribution in [0.5, 0.6) is 0 Å². The van der Waals surface area contributed by atoms with Gasteiger partial charge in [0.1, 0.15) is 6.04 Å². The highest BCUT2D eigenvalue weighted by molar-refractivity contribution is 6.01. The van der Waals surface area contributed by atoms with Crippen LogP contribution in [0.25, 0.3) is 0 Å². The number of nitrogens with zero attached hydrogens (tertiary/aromatic N) is 3. The van der Waals surface area contributed by atoms with Crippen molar-refractivity contribution in [2.24, 2.45) is 11.8 Å². The molecule has 2 aromatic rings. The molecule has 0 aliphatic carbocycles. The molecule has 1 aromatic carbocycles. The third-order valence-corrected chi connectivity index (χ3v) is 6.86. The summed E-state index contributed by atoms with van der Waals surface area (Å²) in [6.07, 6.45) is 1.01. The zero-order valence-corrected chi connectivity index (χ0v) is 17.5. The fourth-order valence-electron chi connectivity index (χ4n) is 5.54. The minimum absolute atomic E-state index is 0.0208. The van der Waals surface area contributed by atoms with Gasteiger partial charge >= 0.3 is 0 Å². The quantitative estimate of drug-likeness (QED) is 0.788. The van der Waals surface area contributed by atoms with E-state index in [-0.39, 0.29) is 35.1 Å². The standard InChI is InChI=1S/C24H27N3O3/c1-15(2)22(27-14-17-6-3-4-7-19(17)23(27)29)24(30)25-11-16-10-18(13-25)20-8-5-9-21(28)26(20)12-16/h3-9,15-16,18,22H,10-14H2,1-2H3/t16-,18+,22-/m0/s1. The monoisotopic (exact) mass is 405 g/mol. The molecule has 3 aliphatic rings. The lowest BCUT2D eigenvalue weighted by Gasteiger charge is -2.45. The van der Waals surface area contributed by atoms with Gasteiger partial charge in [0.05, 0.1) is 0 Å². The van der Waals surface area contributed by atoms with Gasteiger partial charge in [0, 0.05) is 49.4 Å². The largest absolute Gasteiger partial charge is 0.340 e. The van der Waals surface area contributed by atoms with Crippen LogP contribution in [-0.2, 0) is 17.9 Å². The Kier molecular flexibility index (Phi) is 4.53. The van der Waals surface area contributed by atoms with E-state index in [1.807, 2.05) is 59.7 Å². The van der Waals surface area contributed by atoms with Gasteiger partial charge in [-0.25, -0.2) is 0 Å². The van der Waals surface area contributed by atoms with E-state index in [9.17, 15) is 14.4 Å². The van der Waals surface area contributed by atoms with Crippen molar-refractivity contribution >= 4 is 11.8 Å². The van der Waals surface area contributed by atoms with E-state index < -0.39 is 6.04 Å². The summed E-state index contributed by atoms with van der Waals surface area (Å²) in [5, 5.41) is 0. The summed E-state index contributed by atoms with van der Waals surface area (Å²) in [7, 11) is 0. The SMILES string of the molecule is CC(C)[C@@H](C(=O)N1C[C@@H]2C[C@H](C1)c1cccc(=O)n1C2)N1Cc2ccccc2C1=O. The van der Waals surface area contributed by atoms with Crippen LogP contribution in [-0.4, -0.2) is 45.3 Å². The highest BCUT2D eigenvalue weighted by atomic mass is 16.2. The molecular weight excluding hydrogens is 378 g/mol. The second kappa shape index (κ2) is 7.11. The number of benzene rings is 1. The first-order valence-corrected chi connectivity index (χ1v) is 10.8. The maximum atomic E-state index is 13.7. The minimum Gasteiger partial charge on any atom is -0.340 e. The first-order chi connectivity index (χ1) is 14.4. The first-order valence-electron chi connectivity index (χ1n) is 10.8. The molecule has 1 saturated heterocycles. The van der Waals surface area contributed by atoms with Crippen LogP contribution in [0.15, 0.2) is 47.3 Å². The van der Waals surface area contributed by atoms with E-state index in [1.54, 1.807) is 11.0 Å². The smallest absolute Gasteiger partial charge is 0.255 e. The second-order valence-corrected chi connectivity index (χ2v) is 9.22. The number of piperidine rings is 1. The van der Waals surface area contributed by atoms with E-state index in [2.05, 4.69) is 0 Å². The number of rotatable bonds is 3. The molecule has 2 bridgehead atoms. The normalized spacial score (nSPS) is 23.4. The van der Waals surface area contributed by atoms with Gasteiger partial charge in [-0.05, 0) is 36.0 Å². The Labute approximate surface area is 176 Å². The molecule has 2 amide bonds. The van der Waals surface area contributed by atoms with Crippen molar-refractivity contribution in [1.29, 1.82) is 0 Å². The molecule has 0 spiro atoms. The summed E-state index contributed by atoms with van der Waals surface area (Å²) in [6.45, 7) is 6.43. The van der Waals surface area contributed by atoms with Crippen molar-refractivity contribution in [2.75, 3.05) is 13.1 Å². The average molecular weight is 405 g/mol. The number of hydrogen-bond acceptors (Lipinski definition) is 3. The van der Waals surface area contributed by atoms with Crippen LogP contribution in [0, 0.1) is 11.8 Å². The number of fused-ring (bicyclic) bond motifs is 5. The van der Waals surface area contributed by atoms with Gasteiger partial charge in [-0.15, -0.1) is 0 Å². The maximum Gasteiger partial charge on any atom is 0.255 e. The van der Waals surface area contributed by atoms with Crippen molar-refractivity contribution in [1.82, 2.24) is 14.4 Å². The zero-order chi connectivity index (χ0) is 21.0. The molecule has 3 atom stereocenters. The van der Waals surface area contributed by atoms with Gasteiger partial charge in [-0.1, -0.05) is 38.1 Å². The molecule has 6 heteroatoms. The van der Waals surface area contributed by atoms with E-state index in [0.717, 1.165) is 17.7 Å². The fraction of sp³-hybridized carbons (Fsp3) is 0.458. The van der Waals surface area contributed by atoms with Crippen LogP contribution < -0.4 is 5.56 Å². The van der Waals surface area contributed by atoms with E-state index in [1.165, 1.54) is 0 Å². The van der Waals surface area contributed by atoms with Crippen LogP contribution in [0.4, 0.5) is 0 Å². The highest BCUT2D eigenvalue weighted by Crippen LogP contribution is 2.36. The molecule has 6 nitrogen and oxygen atoms in total. The molecule has 5 rings (SSSR count). The Morgan fingerprint density at radius 2 is 1.80 bits per heavy atom. The average Bonchev–Trinajstić information content (AvgIpc) is 3.05. The number of carbonyl (C=O) groups excluding carboxylic acids is 2. The Bertz CT molecular complexity index is 1070. The van der Waals surface area contributed by atoms with Crippen LogP contribution in [0.1, 0.15) is 47.8 Å². The van der Waals surface area contributed by atoms with Crippen molar-refractivity contribution in [2.45, 2.75) is 45.3 Å². The molecule has 1 aromatic heterocycles. The van der Waals surface area contributed by atoms with Crippen LogP contribution >= 0.6 is 0 Å². The summed E-state index contributed by atoms with van der Waals surface area (Å²) in [4.78, 5) is 42.7. The van der Waals surface area contributed by atoms with Gasteiger partial charge in [0.2, 0.25) is 5.91 Å². The molecule has 156 valence electrons. The number of amides is 2. The Morgan fingerprint density at radius 3 is 2.57 bits per heavy atom. The molecular formula is C24H27N3O3. The van der Waals surface area contributed by atoms with Crippen molar-refractivity contribution in [3.63, 3.8) is 0 Å². The van der Waals surface area contributed by atoms with Crippen LogP contribution in [0.2, 0.25) is 0 Å². The maximum absolute atomic E-state index is 13.7. The summed E-state index contributed by atoms with van der Waals surface area (Å²) in [5.41, 5.74) is 2.77. The Morgan fingerprint density at radius 1 is 1.00 bits per heavy atom. The van der Waals surface area contributed by atoms with Crippen molar-refractivity contribution in [3.8, 4) is 0 Å².